The summed E-state index contributed by atoms with van der Waals surface area (Å²) >= 11 is 0. The van der Waals surface area contributed by atoms with E-state index in [0.29, 0.717) is 6.04 Å². The Hall–Kier alpha value is -0.340. The molecule has 0 aromatic heterocycles. The molecule has 0 aliphatic rings. The molecule has 0 aliphatic carbocycles. The Morgan fingerprint density at radius 2 is 1.94 bits per heavy atom. The van der Waals surface area contributed by atoms with Gasteiger partial charge in [-0.05, 0) is 60.2 Å². The number of hydrogen-bond acceptors (Lipinski definition) is 2. The zero-order chi connectivity index (χ0) is 13.5. The van der Waals surface area contributed by atoms with E-state index >= 15 is 0 Å². The van der Waals surface area contributed by atoms with Gasteiger partial charge in [0.2, 0.25) is 0 Å². The van der Waals surface area contributed by atoms with Crippen LogP contribution in [0, 0.1) is 0 Å². The van der Waals surface area contributed by atoms with Gasteiger partial charge in [-0.2, -0.15) is 0 Å². The van der Waals surface area contributed by atoms with Crippen LogP contribution in [-0.2, 0) is 0 Å². The molecule has 0 bridgehead atoms. The first kappa shape index (κ1) is 16.7. The second kappa shape index (κ2) is 7.88. The van der Waals surface area contributed by atoms with E-state index in [0.717, 1.165) is 19.4 Å². The first-order valence-corrected chi connectivity index (χ1v) is 6.93. The lowest BCUT2D eigenvalue weighted by atomic mass is 9.84. The van der Waals surface area contributed by atoms with Crippen molar-refractivity contribution in [3.63, 3.8) is 0 Å². The normalized spacial score (nSPS) is 16.9. The topological polar surface area (TPSA) is 15.3 Å². The lowest BCUT2D eigenvalue weighted by molar-refractivity contribution is 0.108. The van der Waals surface area contributed by atoms with Crippen LogP contribution in [0.3, 0.4) is 0 Å². The molecular weight excluding hydrogens is 208 g/mol. The largest absolute Gasteiger partial charge is 0.312 e. The highest BCUT2D eigenvalue weighted by molar-refractivity contribution is 4.98. The molecule has 0 heterocycles. The van der Waals surface area contributed by atoms with Crippen LogP contribution in [0.4, 0.5) is 0 Å². The summed E-state index contributed by atoms with van der Waals surface area (Å²) in [6, 6.07) is 0.541. The van der Waals surface area contributed by atoms with E-state index in [-0.39, 0.29) is 5.54 Å². The molecule has 0 saturated heterocycles. The van der Waals surface area contributed by atoms with E-state index in [1.807, 2.05) is 0 Å². The predicted molar refractivity (Wildman–Crippen MR) is 78.5 cm³/mol. The first-order valence-electron chi connectivity index (χ1n) is 6.93. The van der Waals surface area contributed by atoms with Gasteiger partial charge < -0.3 is 10.2 Å². The van der Waals surface area contributed by atoms with Crippen LogP contribution in [0.2, 0.25) is 0 Å². The number of likely N-dealkylation sites (N-methyl/N-ethyl adjacent to an activating group) is 1. The van der Waals surface area contributed by atoms with Gasteiger partial charge in [0.15, 0.2) is 0 Å². The van der Waals surface area contributed by atoms with Crippen LogP contribution in [0.15, 0.2) is 12.2 Å². The summed E-state index contributed by atoms with van der Waals surface area (Å²) in [6.07, 6.45) is 4.65. The van der Waals surface area contributed by atoms with E-state index in [9.17, 15) is 0 Å². The Labute approximate surface area is 108 Å². The van der Waals surface area contributed by atoms with Crippen LogP contribution < -0.4 is 5.32 Å². The SMILES string of the molecule is C=C(C)CCC(NCCC)C(C)(CC)N(C)C. The molecule has 0 radical (unpaired) electrons. The van der Waals surface area contributed by atoms with Crippen molar-refractivity contribution in [1.82, 2.24) is 10.2 Å². The molecule has 17 heavy (non-hydrogen) atoms. The molecule has 2 nitrogen and oxygen atoms in total. The minimum Gasteiger partial charge on any atom is -0.312 e. The van der Waals surface area contributed by atoms with E-state index in [2.05, 4.69) is 58.6 Å². The van der Waals surface area contributed by atoms with E-state index < -0.39 is 0 Å². The summed E-state index contributed by atoms with van der Waals surface area (Å²) in [5.74, 6) is 0. The smallest absolute Gasteiger partial charge is 0.0325 e. The second-order valence-corrected chi connectivity index (χ2v) is 5.61. The molecule has 102 valence electrons. The summed E-state index contributed by atoms with van der Waals surface area (Å²) in [6.45, 7) is 14.1. The number of rotatable bonds is 9. The summed E-state index contributed by atoms with van der Waals surface area (Å²) in [4.78, 5) is 2.36. The van der Waals surface area contributed by atoms with E-state index in [4.69, 9.17) is 0 Å². The second-order valence-electron chi connectivity index (χ2n) is 5.61. The summed E-state index contributed by atoms with van der Waals surface area (Å²) in [5, 5.41) is 3.71. The minimum atomic E-state index is 0.227. The van der Waals surface area contributed by atoms with Crippen molar-refractivity contribution in [2.24, 2.45) is 0 Å². The van der Waals surface area contributed by atoms with Crippen molar-refractivity contribution < 1.29 is 0 Å². The van der Waals surface area contributed by atoms with Gasteiger partial charge in [0, 0.05) is 11.6 Å². The lowest BCUT2D eigenvalue weighted by Gasteiger charge is -2.43. The molecule has 0 aliphatic heterocycles. The Balaban J connectivity index is 4.67. The van der Waals surface area contributed by atoms with Crippen LogP contribution in [0.1, 0.15) is 53.4 Å². The Kier molecular flexibility index (Phi) is 7.73. The van der Waals surface area contributed by atoms with Gasteiger partial charge in [-0.1, -0.05) is 19.4 Å². The van der Waals surface area contributed by atoms with E-state index in [1.54, 1.807) is 0 Å². The van der Waals surface area contributed by atoms with Crippen molar-refractivity contribution in [3.05, 3.63) is 12.2 Å². The van der Waals surface area contributed by atoms with Gasteiger partial charge in [-0.3, -0.25) is 0 Å². The summed E-state index contributed by atoms with van der Waals surface area (Å²) in [7, 11) is 4.37. The van der Waals surface area contributed by atoms with Gasteiger partial charge in [-0.25, -0.2) is 0 Å². The number of hydrogen-bond donors (Lipinski definition) is 1. The number of nitrogens with one attached hydrogen (secondary N) is 1. The van der Waals surface area contributed by atoms with Gasteiger partial charge in [0.1, 0.15) is 0 Å². The minimum absolute atomic E-state index is 0.227. The van der Waals surface area contributed by atoms with Crippen LogP contribution in [0.5, 0.6) is 0 Å². The van der Waals surface area contributed by atoms with Crippen molar-refractivity contribution in [2.45, 2.75) is 65.0 Å². The van der Waals surface area contributed by atoms with Crippen molar-refractivity contribution in [2.75, 3.05) is 20.6 Å². The standard InChI is InChI=1S/C15H32N2/c1-8-12-16-14(11-10-13(3)4)15(5,9-2)17(6)7/h14,16H,3,8-12H2,1-2,4-7H3. The fourth-order valence-electron chi connectivity index (χ4n) is 2.22. The van der Waals surface area contributed by atoms with Crippen molar-refractivity contribution in [1.29, 1.82) is 0 Å². The Morgan fingerprint density at radius 3 is 2.29 bits per heavy atom. The molecule has 0 spiro atoms. The first-order chi connectivity index (χ1) is 7.88. The highest BCUT2D eigenvalue weighted by Crippen LogP contribution is 2.25. The fourth-order valence-corrected chi connectivity index (χ4v) is 2.22. The highest BCUT2D eigenvalue weighted by atomic mass is 15.2. The molecular formula is C15H32N2. The van der Waals surface area contributed by atoms with Crippen molar-refractivity contribution in [3.8, 4) is 0 Å². The number of allylic oxidation sites excluding steroid dienone is 1. The zero-order valence-electron chi connectivity index (χ0n) is 12.8. The van der Waals surface area contributed by atoms with E-state index in [1.165, 1.54) is 18.4 Å². The molecule has 0 rings (SSSR count). The van der Waals surface area contributed by atoms with Gasteiger partial charge in [0.25, 0.3) is 0 Å². The lowest BCUT2D eigenvalue weighted by Crippen LogP contribution is -2.57. The third kappa shape index (κ3) is 5.22. The van der Waals surface area contributed by atoms with Gasteiger partial charge in [-0.15, -0.1) is 6.58 Å². The monoisotopic (exact) mass is 240 g/mol. The quantitative estimate of drug-likeness (QED) is 0.621. The van der Waals surface area contributed by atoms with Crippen molar-refractivity contribution >= 4 is 0 Å². The molecule has 0 saturated carbocycles. The molecule has 2 unspecified atom stereocenters. The Morgan fingerprint density at radius 1 is 1.35 bits per heavy atom. The maximum absolute atomic E-state index is 4.02. The maximum Gasteiger partial charge on any atom is 0.0325 e. The van der Waals surface area contributed by atoms with Crippen LogP contribution in [0.25, 0.3) is 0 Å². The molecule has 0 aromatic carbocycles. The molecule has 1 N–H and O–H groups in total. The highest BCUT2D eigenvalue weighted by Gasteiger charge is 2.33. The molecule has 2 atom stereocenters. The van der Waals surface area contributed by atoms with Gasteiger partial charge >= 0.3 is 0 Å². The summed E-state index contributed by atoms with van der Waals surface area (Å²) in [5.41, 5.74) is 1.51. The molecule has 0 fully saturated rings. The van der Waals surface area contributed by atoms with Crippen LogP contribution >= 0.6 is 0 Å². The predicted octanol–water partition coefficient (Wildman–Crippen LogP) is 3.44. The summed E-state index contributed by atoms with van der Waals surface area (Å²) < 4.78 is 0. The maximum atomic E-state index is 4.02. The third-order valence-electron chi connectivity index (χ3n) is 3.99. The molecule has 0 aromatic rings. The van der Waals surface area contributed by atoms with Crippen LogP contribution in [-0.4, -0.2) is 37.1 Å². The van der Waals surface area contributed by atoms with Gasteiger partial charge in [0.05, 0.1) is 0 Å². The Bertz CT molecular complexity index is 223. The molecule has 2 heteroatoms. The zero-order valence-corrected chi connectivity index (χ0v) is 12.8. The average molecular weight is 240 g/mol. The number of nitrogens with zero attached hydrogens (tertiary/aromatic N) is 1. The molecule has 0 amide bonds. The average Bonchev–Trinajstić information content (AvgIpc) is 2.27. The fraction of sp³-hybridized carbons (Fsp3) is 0.867. The third-order valence-corrected chi connectivity index (χ3v) is 3.99.